The van der Waals surface area contributed by atoms with Gasteiger partial charge in [0.15, 0.2) is 11.5 Å². The van der Waals surface area contributed by atoms with Crippen LogP contribution in [0.4, 0.5) is 0 Å². The average molecular weight is 468 g/mol. The Kier molecular flexibility index (Phi) is 8.65. The van der Waals surface area contributed by atoms with Gasteiger partial charge in [0.05, 0.1) is 31.4 Å². The Hall–Kier alpha value is -2.34. The molecule has 4 rings (SSSR count). The van der Waals surface area contributed by atoms with Crippen molar-refractivity contribution < 1.29 is 14.3 Å². The van der Waals surface area contributed by atoms with Crippen molar-refractivity contribution in [1.82, 2.24) is 9.91 Å². The van der Waals surface area contributed by atoms with E-state index in [1.807, 2.05) is 11.1 Å². The fourth-order valence-electron chi connectivity index (χ4n) is 5.50. The van der Waals surface area contributed by atoms with Crippen molar-refractivity contribution >= 4 is 11.6 Å². The van der Waals surface area contributed by atoms with Gasteiger partial charge >= 0.3 is 0 Å². The van der Waals surface area contributed by atoms with Crippen LogP contribution in [-0.4, -0.2) is 61.9 Å². The van der Waals surface area contributed by atoms with Gasteiger partial charge in [-0.05, 0) is 77.4 Å². The predicted molar refractivity (Wildman–Crippen MR) is 137 cm³/mol. The molecule has 0 radical (unpaired) electrons. The molecule has 186 valence electrons. The van der Waals surface area contributed by atoms with Crippen LogP contribution in [0.2, 0.25) is 0 Å². The molecule has 0 unspecified atom stereocenters. The number of fused-ring (bicyclic) bond motifs is 1. The van der Waals surface area contributed by atoms with Gasteiger partial charge in [-0.2, -0.15) is 5.10 Å². The van der Waals surface area contributed by atoms with Crippen LogP contribution < -0.4 is 9.47 Å². The van der Waals surface area contributed by atoms with Crippen LogP contribution in [0.5, 0.6) is 11.5 Å². The van der Waals surface area contributed by atoms with Crippen molar-refractivity contribution in [2.45, 2.75) is 70.3 Å². The van der Waals surface area contributed by atoms with Crippen LogP contribution in [0.25, 0.3) is 0 Å². The second-order valence-electron chi connectivity index (χ2n) is 10.2. The zero-order valence-corrected chi connectivity index (χ0v) is 21.2. The Labute approximate surface area is 205 Å². The molecule has 1 aromatic rings. The number of nitrogens with zero attached hydrogens (tertiary/aromatic N) is 3. The number of benzene rings is 1. The predicted octanol–water partition coefficient (Wildman–Crippen LogP) is 5.27. The van der Waals surface area contributed by atoms with Gasteiger partial charge in [0.2, 0.25) is 5.91 Å². The summed E-state index contributed by atoms with van der Waals surface area (Å²) < 4.78 is 11.8. The van der Waals surface area contributed by atoms with E-state index in [2.05, 4.69) is 43.3 Å². The van der Waals surface area contributed by atoms with E-state index in [0.29, 0.717) is 6.61 Å². The summed E-state index contributed by atoms with van der Waals surface area (Å²) in [6, 6.07) is 6.35. The molecule has 1 saturated carbocycles. The van der Waals surface area contributed by atoms with Gasteiger partial charge in [0.25, 0.3) is 0 Å². The van der Waals surface area contributed by atoms with Crippen LogP contribution in [-0.2, 0) is 4.79 Å². The molecule has 0 bridgehead atoms. The molecule has 0 saturated heterocycles. The van der Waals surface area contributed by atoms with Gasteiger partial charge in [0, 0.05) is 11.5 Å². The molecular formula is C28H41N3O3. The lowest BCUT2D eigenvalue weighted by atomic mass is 9.76. The van der Waals surface area contributed by atoms with Gasteiger partial charge in [-0.1, -0.05) is 37.8 Å². The fraction of sp³-hybridized carbons (Fsp3) is 0.643. The summed E-state index contributed by atoms with van der Waals surface area (Å²) in [6.45, 7) is 1.71. The highest BCUT2D eigenvalue weighted by Gasteiger charge is 2.42. The average Bonchev–Trinajstić information content (AvgIpc) is 3.13. The Morgan fingerprint density at radius 2 is 1.74 bits per heavy atom. The molecule has 1 heterocycles. The second kappa shape index (κ2) is 11.9. The molecule has 34 heavy (non-hydrogen) atoms. The SMILES string of the molecule is COc1ccc(C2=NN(C3CCCCCC3)C(=O)[C@@H]3CC=CC[C@H]23)cc1OCCCCN(C)C. The van der Waals surface area contributed by atoms with E-state index in [9.17, 15) is 4.79 Å². The van der Waals surface area contributed by atoms with Gasteiger partial charge in [-0.3, -0.25) is 4.79 Å². The number of unbranched alkanes of at least 4 members (excludes halogenated alkanes) is 1. The van der Waals surface area contributed by atoms with Crippen molar-refractivity contribution in [3.63, 3.8) is 0 Å². The first kappa shape index (κ1) is 24.8. The number of allylic oxidation sites excluding steroid dienone is 2. The number of hydrazone groups is 1. The highest BCUT2D eigenvalue weighted by molar-refractivity contribution is 6.07. The molecule has 0 N–H and O–H groups in total. The monoisotopic (exact) mass is 467 g/mol. The number of ether oxygens (including phenoxy) is 2. The van der Waals surface area contributed by atoms with Crippen molar-refractivity contribution in [3.8, 4) is 11.5 Å². The Balaban J connectivity index is 1.59. The molecule has 1 amide bonds. The molecule has 2 atom stereocenters. The first-order valence-electron chi connectivity index (χ1n) is 13.1. The van der Waals surface area contributed by atoms with E-state index in [0.717, 1.165) is 67.8 Å². The number of hydrogen-bond donors (Lipinski definition) is 0. The first-order chi connectivity index (χ1) is 16.6. The van der Waals surface area contributed by atoms with Gasteiger partial charge < -0.3 is 14.4 Å². The fourth-order valence-corrected chi connectivity index (χ4v) is 5.50. The van der Waals surface area contributed by atoms with Crippen LogP contribution in [0, 0.1) is 11.8 Å². The first-order valence-corrected chi connectivity index (χ1v) is 13.1. The summed E-state index contributed by atoms with van der Waals surface area (Å²) in [4.78, 5) is 15.7. The topological polar surface area (TPSA) is 54.4 Å². The number of methoxy groups -OCH3 is 1. The third-order valence-corrected chi connectivity index (χ3v) is 7.43. The molecule has 1 aromatic carbocycles. The summed E-state index contributed by atoms with van der Waals surface area (Å²) in [5, 5.41) is 6.94. The van der Waals surface area contributed by atoms with Crippen molar-refractivity contribution in [3.05, 3.63) is 35.9 Å². The van der Waals surface area contributed by atoms with E-state index in [1.165, 1.54) is 25.7 Å². The van der Waals surface area contributed by atoms with Crippen LogP contribution in [0.1, 0.15) is 69.8 Å². The number of carbonyl (C=O) groups excluding carboxylic acids is 1. The third-order valence-electron chi connectivity index (χ3n) is 7.43. The summed E-state index contributed by atoms with van der Waals surface area (Å²) in [5.41, 5.74) is 2.07. The van der Waals surface area contributed by atoms with E-state index in [4.69, 9.17) is 14.6 Å². The lowest BCUT2D eigenvalue weighted by Crippen LogP contribution is -2.49. The number of hydrogen-bond acceptors (Lipinski definition) is 5. The minimum atomic E-state index is -0.0155. The molecule has 6 nitrogen and oxygen atoms in total. The number of amides is 1. The zero-order valence-electron chi connectivity index (χ0n) is 21.2. The molecule has 1 fully saturated rings. The van der Waals surface area contributed by atoms with Crippen molar-refractivity contribution in [2.24, 2.45) is 16.9 Å². The minimum absolute atomic E-state index is 0.0155. The largest absolute Gasteiger partial charge is 0.493 e. The van der Waals surface area contributed by atoms with E-state index >= 15 is 0 Å². The maximum atomic E-state index is 13.5. The van der Waals surface area contributed by atoms with Crippen LogP contribution in [0.3, 0.4) is 0 Å². The maximum Gasteiger partial charge on any atom is 0.247 e. The zero-order chi connectivity index (χ0) is 23.9. The summed E-state index contributed by atoms with van der Waals surface area (Å²) in [7, 11) is 5.87. The lowest BCUT2D eigenvalue weighted by Gasteiger charge is -2.40. The highest BCUT2D eigenvalue weighted by atomic mass is 16.5. The maximum absolute atomic E-state index is 13.5. The standard InChI is InChI=1S/C28H41N3O3/c1-30(2)18-10-11-19-34-26-20-21(16-17-25(26)33-3)27-23-14-8-9-15-24(23)28(32)31(29-27)22-12-6-4-5-7-13-22/h8-9,16-17,20,22-24H,4-7,10-15,18-19H2,1-3H3/t23-,24+/m0/s1. The van der Waals surface area contributed by atoms with E-state index in [1.54, 1.807) is 7.11 Å². The Bertz CT molecular complexity index is 887. The molecule has 6 heteroatoms. The molecule has 1 aliphatic heterocycles. The van der Waals surface area contributed by atoms with Gasteiger partial charge in [-0.25, -0.2) is 5.01 Å². The second-order valence-corrected chi connectivity index (χ2v) is 10.2. The smallest absolute Gasteiger partial charge is 0.247 e. The Morgan fingerprint density at radius 1 is 1.00 bits per heavy atom. The van der Waals surface area contributed by atoms with E-state index < -0.39 is 0 Å². The van der Waals surface area contributed by atoms with Crippen molar-refractivity contribution in [2.75, 3.05) is 34.4 Å². The molecule has 0 spiro atoms. The summed E-state index contributed by atoms with van der Waals surface area (Å²) in [5.74, 6) is 1.83. The third kappa shape index (κ3) is 5.83. The summed E-state index contributed by atoms with van der Waals surface area (Å²) >= 11 is 0. The minimum Gasteiger partial charge on any atom is -0.493 e. The molecular weight excluding hydrogens is 426 g/mol. The number of carbonyl (C=O) groups is 1. The van der Waals surface area contributed by atoms with Gasteiger partial charge in [0.1, 0.15) is 0 Å². The lowest BCUT2D eigenvalue weighted by molar-refractivity contribution is -0.140. The Morgan fingerprint density at radius 3 is 2.44 bits per heavy atom. The quantitative estimate of drug-likeness (QED) is 0.282. The van der Waals surface area contributed by atoms with Crippen LogP contribution in [0.15, 0.2) is 35.5 Å². The van der Waals surface area contributed by atoms with Crippen LogP contribution >= 0.6 is 0 Å². The molecule has 0 aromatic heterocycles. The molecule has 3 aliphatic rings. The number of rotatable bonds is 9. The highest BCUT2D eigenvalue weighted by Crippen LogP contribution is 2.38. The van der Waals surface area contributed by atoms with Crippen molar-refractivity contribution in [1.29, 1.82) is 0 Å². The van der Waals surface area contributed by atoms with Gasteiger partial charge in [-0.15, -0.1) is 0 Å². The molecule has 2 aliphatic carbocycles. The van der Waals surface area contributed by atoms with E-state index in [-0.39, 0.29) is 23.8 Å². The normalized spacial score (nSPS) is 23.5. The summed E-state index contributed by atoms with van der Waals surface area (Å²) in [6.07, 6.45) is 15.1.